The molecule has 3 aliphatic carbocycles. The number of hydrogen-bond acceptors (Lipinski definition) is 6. The summed E-state index contributed by atoms with van der Waals surface area (Å²) in [6.07, 6.45) is 4.51. The van der Waals surface area contributed by atoms with E-state index < -0.39 is 17.4 Å². The van der Waals surface area contributed by atoms with Crippen LogP contribution in [0.2, 0.25) is 0 Å². The van der Waals surface area contributed by atoms with Crippen LogP contribution < -0.4 is 9.47 Å². The van der Waals surface area contributed by atoms with Gasteiger partial charge in [-0.15, -0.1) is 0 Å². The molecule has 0 saturated heterocycles. The highest BCUT2D eigenvalue weighted by Crippen LogP contribution is 2.67. The minimum atomic E-state index is -1.35. The summed E-state index contributed by atoms with van der Waals surface area (Å²) in [5.41, 5.74) is 1.67. The van der Waals surface area contributed by atoms with E-state index >= 15 is 0 Å². The number of hydrogen-bond donors (Lipinski definition) is 0. The average molecular weight is 485 g/mol. The molecular formula is C29H40O6. The van der Waals surface area contributed by atoms with Gasteiger partial charge < -0.3 is 18.9 Å². The second-order valence-corrected chi connectivity index (χ2v) is 11.0. The van der Waals surface area contributed by atoms with Crippen LogP contribution in [0.15, 0.2) is 24.3 Å². The Labute approximate surface area is 209 Å². The number of methoxy groups -OCH3 is 2. The lowest BCUT2D eigenvalue weighted by molar-refractivity contribution is -0.182. The van der Waals surface area contributed by atoms with Gasteiger partial charge in [-0.2, -0.15) is 0 Å². The minimum Gasteiger partial charge on any atom is -0.497 e. The van der Waals surface area contributed by atoms with Crippen LogP contribution in [-0.2, 0) is 30.9 Å². The minimum absolute atomic E-state index is 0.146. The van der Waals surface area contributed by atoms with Crippen LogP contribution in [0.5, 0.6) is 11.5 Å². The summed E-state index contributed by atoms with van der Waals surface area (Å²) in [6, 6.07) is 4.13. The SMILES string of the molecule is C=C1CC(C(=O)OCC)(C(=O)OCC)C[C@]2(C)[C@@H]1CC[C@]1(C)c3cc(OC)cc(OC)c3CC[C@@H]21. The molecule has 2 fully saturated rings. The fraction of sp³-hybridized carbons (Fsp3) is 0.655. The van der Waals surface area contributed by atoms with Crippen molar-refractivity contribution in [2.24, 2.45) is 22.7 Å². The van der Waals surface area contributed by atoms with Crippen molar-refractivity contribution in [2.45, 2.75) is 71.6 Å². The Bertz CT molecular complexity index is 1010. The molecule has 0 spiro atoms. The third-order valence-electron chi connectivity index (χ3n) is 9.29. The molecule has 6 nitrogen and oxygen atoms in total. The zero-order valence-corrected chi connectivity index (χ0v) is 22.1. The fourth-order valence-electron chi connectivity index (χ4n) is 7.92. The number of rotatable bonds is 6. The van der Waals surface area contributed by atoms with Gasteiger partial charge in [0.15, 0.2) is 5.41 Å². The molecule has 0 amide bonds. The molecule has 0 N–H and O–H groups in total. The summed E-state index contributed by atoms with van der Waals surface area (Å²) in [7, 11) is 3.39. The maximum absolute atomic E-state index is 13.4. The summed E-state index contributed by atoms with van der Waals surface area (Å²) in [4.78, 5) is 26.8. The summed E-state index contributed by atoms with van der Waals surface area (Å²) < 4.78 is 22.4. The van der Waals surface area contributed by atoms with Crippen LogP contribution in [0.4, 0.5) is 0 Å². The Morgan fingerprint density at radius 2 is 1.69 bits per heavy atom. The van der Waals surface area contributed by atoms with Gasteiger partial charge in [0.25, 0.3) is 0 Å². The van der Waals surface area contributed by atoms with E-state index in [1.165, 1.54) is 11.1 Å². The molecule has 0 aromatic heterocycles. The fourth-order valence-corrected chi connectivity index (χ4v) is 7.92. The maximum atomic E-state index is 13.4. The van der Waals surface area contributed by atoms with Gasteiger partial charge in [0.05, 0.1) is 27.4 Å². The lowest BCUT2D eigenvalue weighted by Gasteiger charge is -2.62. The van der Waals surface area contributed by atoms with Crippen LogP contribution in [0, 0.1) is 22.7 Å². The van der Waals surface area contributed by atoms with Gasteiger partial charge in [0.1, 0.15) is 11.5 Å². The Morgan fingerprint density at radius 1 is 1.03 bits per heavy atom. The van der Waals surface area contributed by atoms with Crippen molar-refractivity contribution < 1.29 is 28.5 Å². The lowest BCUT2D eigenvalue weighted by atomic mass is 9.41. The normalized spacial score (nSPS) is 30.9. The molecule has 0 bridgehead atoms. The number of carbonyl (C=O) groups excluding carboxylic acids is 2. The first-order valence-electron chi connectivity index (χ1n) is 12.9. The zero-order chi connectivity index (χ0) is 25.6. The van der Waals surface area contributed by atoms with Crippen molar-refractivity contribution in [3.63, 3.8) is 0 Å². The van der Waals surface area contributed by atoms with Gasteiger partial charge in [0.2, 0.25) is 0 Å². The van der Waals surface area contributed by atoms with Gasteiger partial charge in [0, 0.05) is 6.07 Å². The number of carbonyl (C=O) groups is 2. The van der Waals surface area contributed by atoms with Crippen molar-refractivity contribution in [1.82, 2.24) is 0 Å². The number of esters is 2. The highest BCUT2D eigenvalue weighted by molar-refractivity contribution is 6.00. The van der Waals surface area contributed by atoms with Crippen LogP contribution in [0.1, 0.15) is 70.9 Å². The summed E-state index contributed by atoms with van der Waals surface area (Å²) in [6.45, 7) is 13.0. The van der Waals surface area contributed by atoms with Crippen molar-refractivity contribution in [3.05, 3.63) is 35.4 Å². The highest BCUT2D eigenvalue weighted by Gasteiger charge is 2.65. The largest absolute Gasteiger partial charge is 0.497 e. The number of allylic oxidation sites excluding steroid dienone is 1. The highest BCUT2D eigenvalue weighted by atomic mass is 16.6. The molecule has 0 unspecified atom stereocenters. The second kappa shape index (κ2) is 9.18. The number of ether oxygens (including phenoxy) is 4. The van der Waals surface area contributed by atoms with Crippen LogP contribution in [0.3, 0.4) is 0 Å². The standard InChI is InChI=1S/C29H40O6/c1-8-34-25(30)29(26(31)35-9-2)16-18(3)21-12-13-27(4)22-14-19(32-6)15-23(33-7)20(22)10-11-24(27)28(21,5)17-29/h14-15,21,24H,3,8-13,16-17H2,1-2,4-7H3/t21-,24-,27-,28-/m1/s1. The van der Waals surface area contributed by atoms with E-state index in [9.17, 15) is 9.59 Å². The van der Waals surface area contributed by atoms with Crippen molar-refractivity contribution in [1.29, 1.82) is 0 Å². The summed E-state index contributed by atoms with van der Waals surface area (Å²) in [5.74, 6) is 1.18. The van der Waals surface area contributed by atoms with Gasteiger partial charge in [-0.1, -0.05) is 26.0 Å². The Morgan fingerprint density at radius 3 is 2.26 bits per heavy atom. The topological polar surface area (TPSA) is 71.1 Å². The first kappa shape index (κ1) is 25.6. The van der Waals surface area contributed by atoms with E-state index in [4.69, 9.17) is 18.9 Å². The smallest absolute Gasteiger partial charge is 0.323 e. The zero-order valence-electron chi connectivity index (χ0n) is 22.1. The third kappa shape index (κ3) is 3.75. The predicted molar refractivity (Wildman–Crippen MR) is 134 cm³/mol. The summed E-state index contributed by atoms with van der Waals surface area (Å²) >= 11 is 0. The van der Waals surface area contributed by atoms with Gasteiger partial charge in [-0.3, -0.25) is 9.59 Å². The predicted octanol–water partition coefficient (Wildman–Crippen LogP) is 5.40. The van der Waals surface area contributed by atoms with Crippen molar-refractivity contribution >= 4 is 11.9 Å². The van der Waals surface area contributed by atoms with E-state index in [0.717, 1.165) is 42.8 Å². The third-order valence-corrected chi connectivity index (χ3v) is 9.29. The molecule has 4 rings (SSSR count). The van der Waals surface area contributed by atoms with Gasteiger partial charge in [-0.25, -0.2) is 0 Å². The molecule has 4 atom stereocenters. The number of fused-ring (bicyclic) bond motifs is 5. The Balaban J connectivity index is 1.84. The van der Waals surface area contributed by atoms with E-state index in [1.54, 1.807) is 28.1 Å². The van der Waals surface area contributed by atoms with E-state index in [-0.39, 0.29) is 35.9 Å². The van der Waals surface area contributed by atoms with Crippen LogP contribution in [0.25, 0.3) is 0 Å². The molecule has 0 radical (unpaired) electrons. The van der Waals surface area contributed by atoms with Crippen LogP contribution in [-0.4, -0.2) is 39.4 Å². The van der Waals surface area contributed by atoms with E-state index in [2.05, 4.69) is 26.5 Å². The summed E-state index contributed by atoms with van der Waals surface area (Å²) in [5, 5.41) is 0. The first-order valence-corrected chi connectivity index (χ1v) is 12.9. The van der Waals surface area contributed by atoms with Crippen molar-refractivity contribution in [3.8, 4) is 11.5 Å². The molecule has 0 heterocycles. The van der Waals surface area contributed by atoms with E-state index in [1.807, 2.05) is 6.07 Å². The number of benzene rings is 1. The van der Waals surface area contributed by atoms with Gasteiger partial charge in [-0.05, 0) is 92.2 Å². The molecule has 6 heteroatoms. The molecule has 2 saturated carbocycles. The lowest BCUT2D eigenvalue weighted by Crippen LogP contribution is -2.60. The van der Waals surface area contributed by atoms with Gasteiger partial charge >= 0.3 is 11.9 Å². The molecule has 35 heavy (non-hydrogen) atoms. The van der Waals surface area contributed by atoms with Crippen LogP contribution >= 0.6 is 0 Å². The molecule has 0 aliphatic heterocycles. The molecule has 192 valence electrons. The Kier molecular flexibility index (Phi) is 6.71. The second-order valence-electron chi connectivity index (χ2n) is 11.0. The van der Waals surface area contributed by atoms with Crippen molar-refractivity contribution in [2.75, 3.05) is 27.4 Å². The average Bonchev–Trinajstić information content (AvgIpc) is 2.82. The quantitative estimate of drug-likeness (QED) is 0.306. The first-order chi connectivity index (χ1) is 16.6. The monoisotopic (exact) mass is 484 g/mol. The maximum Gasteiger partial charge on any atom is 0.323 e. The molecule has 1 aromatic rings. The molecule has 3 aliphatic rings. The van der Waals surface area contributed by atoms with E-state index in [0.29, 0.717) is 12.8 Å². The Hall–Kier alpha value is -2.50. The molecule has 1 aromatic carbocycles. The molecular weight excluding hydrogens is 444 g/mol.